The van der Waals surface area contributed by atoms with E-state index in [1.165, 1.54) is 5.56 Å². The quantitative estimate of drug-likeness (QED) is 0.922. The van der Waals surface area contributed by atoms with Crippen LogP contribution in [-0.4, -0.2) is 52.5 Å². The molecule has 1 N–H and O–H groups in total. The summed E-state index contributed by atoms with van der Waals surface area (Å²) in [5, 5.41) is 9.12. The van der Waals surface area contributed by atoms with E-state index in [2.05, 4.69) is 17.0 Å². The highest BCUT2D eigenvalue weighted by atomic mass is 16.4. The van der Waals surface area contributed by atoms with Crippen LogP contribution in [0.25, 0.3) is 0 Å². The van der Waals surface area contributed by atoms with Gasteiger partial charge in [-0.2, -0.15) is 0 Å². The number of likely N-dealkylation sites (tertiary alicyclic amines) is 2. The van der Waals surface area contributed by atoms with E-state index >= 15 is 0 Å². The second-order valence-corrected chi connectivity index (χ2v) is 6.58. The normalized spacial score (nSPS) is 25.5. The van der Waals surface area contributed by atoms with Gasteiger partial charge in [0, 0.05) is 19.6 Å². The molecule has 0 unspecified atom stereocenters. The molecule has 0 radical (unpaired) electrons. The molecular formula is C18H24N2O3. The van der Waals surface area contributed by atoms with Crippen LogP contribution < -0.4 is 0 Å². The van der Waals surface area contributed by atoms with Crippen LogP contribution in [0, 0.1) is 5.92 Å². The third-order valence-corrected chi connectivity index (χ3v) is 4.98. The monoisotopic (exact) mass is 316 g/mol. The Kier molecular flexibility index (Phi) is 4.96. The average Bonchev–Trinajstić information content (AvgIpc) is 3.06. The first-order valence-electron chi connectivity index (χ1n) is 8.44. The maximum Gasteiger partial charge on any atom is 0.308 e. The second-order valence-electron chi connectivity index (χ2n) is 6.58. The summed E-state index contributed by atoms with van der Waals surface area (Å²) in [5.41, 5.74) is 1.22. The van der Waals surface area contributed by atoms with Crippen molar-refractivity contribution in [3.8, 4) is 0 Å². The van der Waals surface area contributed by atoms with Gasteiger partial charge in [-0.05, 0) is 31.4 Å². The number of rotatable bonds is 4. The van der Waals surface area contributed by atoms with Crippen molar-refractivity contribution in [2.24, 2.45) is 5.92 Å². The number of carboxylic acids is 1. The van der Waals surface area contributed by atoms with Crippen LogP contribution in [0.4, 0.5) is 0 Å². The maximum absolute atomic E-state index is 12.9. The van der Waals surface area contributed by atoms with Crippen LogP contribution in [-0.2, 0) is 16.1 Å². The zero-order valence-corrected chi connectivity index (χ0v) is 13.4. The van der Waals surface area contributed by atoms with Crippen LogP contribution in [0.1, 0.15) is 31.2 Å². The first kappa shape index (κ1) is 16.0. The summed E-state index contributed by atoms with van der Waals surface area (Å²) < 4.78 is 0. The van der Waals surface area contributed by atoms with Crippen molar-refractivity contribution >= 4 is 11.9 Å². The van der Waals surface area contributed by atoms with Gasteiger partial charge in [-0.1, -0.05) is 36.8 Å². The summed E-state index contributed by atoms with van der Waals surface area (Å²) in [6, 6.07) is 10.1. The molecule has 124 valence electrons. The van der Waals surface area contributed by atoms with Crippen molar-refractivity contribution in [1.82, 2.24) is 9.80 Å². The van der Waals surface area contributed by atoms with E-state index < -0.39 is 11.9 Å². The summed E-state index contributed by atoms with van der Waals surface area (Å²) in [4.78, 5) is 28.0. The molecule has 2 atom stereocenters. The van der Waals surface area contributed by atoms with E-state index in [1.54, 1.807) is 4.90 Å². The van der Waals surface area contributed by atoms with Crippen molar-refractivity contribution < 1.29 is 14.7 Å². The molecule has 0 aromatic heterocycles. The van der Waals surface area contributed by atoms with Crippen molar-refractivity contribution in [1.29, 1.82) is 0 Å². The minimum Gasteiger partial charge on any atom is -0.481 e. The number of nitrogens with zero attached hydrogens (tertiary/aromatic N) is 2. The molecule has 0 spiro atoms. The third-order valence-electron chi connectivity index (χ3n) is 4.98. The zero-order valence-electron chi connectivity index (χ0n) is 13.4. The van der Waals surface area contributed by atoms with Crippen LogP contribution in [0.5, 0.6) is 0 Å². The first-order valence-corrected chi connectivity index (χ1v) is 8.44. The highest BCUT2D eigenvalue weighted by molar-refractivity contribution is 5.83. The second kappa shape index (κ2) is 7.13. The lowest BCUT2D eigenvalue weighted by atomic mass is 10.00. The predicted octanol–water partition coefficient (Wildman–Crippen LogP) is 1.97. The molecule has 23 heavy (non-hydrogen) atoms. The van der Waals surface area contributed by atoms with Gasteiger partial charge in [-0.3, -0.25) is 14.5 Å². The van der Waals surface area contributed by atoms with E-state index in [0.29, 0.717) is 19.5 Å². The van der Waals surface area contributed by atoms with Crippen molar-refractivity contribution in [2.75, 3.05) is 19.6 Å². The minimum absolute atomic E-state index is 0.100. The van der Waals surface area contributed by atoms with Gasteiger partial charge in [0.1, 0.15) is 0 Å². The lowest BCUT2D eigenvalue weighted by Crippen LogP contribution is -2.50. The summed E-state index contributed by atoms with van der Waals surface area (Å²) >= 11 is 0. The van der Waals surface area contributed by atoms with Gasteiger partial charge in [0.25, 0.3) is 0 Å². The fourth-order valence-electron chi connectivity index (χ4n) is 3.65. The third kappa shape index (κ3) is 3.72. The van der Waals surface area contributed by atoms with Crippen LogP contribution in [0.15, 0.2) is 30.3 Å². The molecule has 3 rings (SSSR count). The number of carbonyl (C=O) groups excluding carboxylic acids is 1. The van der Waals surface area contributed by atoms with Gasteiger partial charge in [-0.25, -0.2) is 0 Å². The van der Waals surface area contributed by atoms with Crippen molar-refractivity contribution in [2.45, 2.75) is 38.3 Å². The molecule has 1 aromatic carbocycles. The number of hydrogen-bond donors (Lipinski definition) is 1. The number of amides is 1. The van der Waals surface area contributed by atoms with Crippen molar-refractivity contribution in [3.05, 3.63) is 35.9 Å². The van der Waals surface area contributed by atoms with Gasteiger partial charge >= 0.3 is 5.97 Å². The fraction of sp³-hybridized carbons (Fsp3) is 0.556. The van der Waals surface area contributed by atoms with Gasteiger partial charge < -0.3 is 10.0 Å². The van der Waals surface area contributed by atoms with E-state index in [9.17, 15) is 9.59 Å². The van der Waals surface area contributed by atoms with Gasteiger partial charge in [-0.15, -0.1) is 0 Å². The Morgan fingerprint density at radius 3 is 2.57 bits per heavy atom. The Morgan fingerprint density at radius 1 is 1.09 bits per heavy atom. The maximum atomic E-state index is 12.9. The molecule has 2 aliphatic heterocycles. The number of benzene rings is 1. The molecular weight excluding hydrogens is 292 g/mol. The number of carboxylic acid groups (broad SMARTS) is 1. The Hall–Kier alpha value is -1.88. The Bertz CT molecular complexity index is 561. The van der Waals surface area contributed by atoms with E-state index in [-0.39, 0.29) is 11.9 Å². The molecule has 0 aliphatic carbocycles. The summed E-state index contributed by atoms with van der Waals surface area (Å²) in [7, 11) is 0. The summed E-state index contributed by atoms with van der Waals surface area (Å²) in [5.74, 6) is -1.07. The molecule has 2 aliphatic rings. The molecule has 2 fully saturated rings. The molecule has 0 saturated carbocycles. The standard InChI is InChI=1S/C18H24N2O3/c21-17(20-11-9-15(13-20)18(22)23)16-8-4-5-10-19(16)12-14-6-2-1-3-7-14/h1-3,6-7,15-16H,4-5,8-13H2,(H,22,23)/t15-,16-/m1/s1. The first-order chi connectivity index (χ1) is 11.1. The SMILES string of the molecule is O=C(O)[C@@H]1CCN(C(=O)[C@H]2CCCCN2Cc2ccccc2)C1. The van der Waals surface area contributed by atoms with Crippen LogP contribution >= 0.6 is 0 Å². The fourth-order valence-corrected chi connectivity index (χ4v) is 3.65. The molecule has 2 saturated heterocycles. The smallest absolute Gasteiger partial charge is 0.308 e. The summed E-state index contributed by atoms with van der Waals surface area (Å²) in [6.07, 6.45) is 3.64. The van der Waals surface area contributed by atoms with E-state index in [0.717, 1.165) is 32.4 Å². The lowest BCUT2D eigenvalue weighted by molar-refractivity contribution is -0.142. The molecule has 5 heteroatoms. The summed E-state index contributed by atoms with van der Waals surface area (Å²) in [6.45, 7) is 2.66. The van der Waals surface area contributed by atoms with Gasteiger partial charge in [0.2, 0.25) is 5.91 Å². The lowest BCUT2D eigenvalue weighted by Gasteiger charge is -2.36. The largest absolute Gasteiger partial charge is 0.481 e. The van der Waals surface area contributed by atoms with Crippen LogP contribution in [0.3, 0.4) is 0 Å². The molecule has 1 aromatic rings. The molecule has 0 bridgehead atoms. The average molecular weight is 316 g/mol. The van der Waals surface area contributed by atoms with E-state index in [4.69, 9.17) is 5.11 Å². The minimum atomic E-state index is -0.787. The highest BCUT2D eigenvalue weighted by Crippen LogP contribution is 2.24. The highest BCUT2D eigenvalue weighted by Gasteiger charge is 2.37. The predicted molar refractivity (Wildman–Crippen MR) is 86.8 cm³/mol. The zero-order chi connectivity index (χ0) is 16.2. The Balaban J connectivity index is 1.66. The Morgan fingerprint density at radius 2 is 1.87 bits per heavy atom. The van der Waals surface area contributed by atoms with Crippen LogP contribution in [0.2, 0.25) is 0 Å². The van der Waals surface area contributed by atoms with Crippen molar-refractivity contribution in [3.63, 3.8) is 0 Å². The number of piperidine rings is 1. The van der Waals surface area contributed by atoms with E-state index in [1.807, 2.05) is 18.2 Å². The number of aliphatic carboxylic acids is 1. The number of carbonyl (C=O) groups is 2. The topological polar surface area (TPSA) is 60.9 Å². The molecule has 1 amide bonds. The molecule has 5 nitrogen and oxygen atoms in total. The van der Waals surface area contributed by atoms with Gasteiger partial charge in [0.05, 0.1) is 12.0 Å². The Labute approximate surface area is 136 Å². The van der Waals surface area contributed by atoms with Gasteiger partial charge in [0.15, 0.2) is 0 Å². The molecule has 2 heterocycles. The number of hydrogen-bond acceptors (Lipinski definition) is 3.